The molecule has 0 aromatic heterocycles. The molecule has 0 unspecified atom stereocenters. The van der Waals surface area contributed by atoms with Crippen molar-refractivity contribution in [3.63, 3.8) is 0 Å². The second-order valence-corrected chi connectivity index (χ2v) is 7.91. The number of hydrogen-bond donors (Lipinski definition) is 1. The van der Waals surface area contributed by atoms with E-state index in [0.717, 1.165) is 34.1 Å². The standard InChI is InChI=1S/C28H33NO3/c1-7-15-32-27-10-8-9-24(21(27)4)20(3)25-16-19(2)11-14-26(25)29-18-22-12-13-23(30-5)17-28(22)31-6/h7-14,16-17,20,29H,1,15,18H2,2-6H3/t20-/m1/s1. The molecule has 3 aromatic rings. The number of hydrogen-bond acceptors (Lipinski definition) is 4. The molecule has 3 rings (SSSR count). The first-order valence-electron chi connectivity index (χ1n) is 10.9. The highest BCUT2D eigenvalue weighted by Gasteiger charge is 2.17. The van der Waals surface area contributed by atoms with Crippen molar-refractivity contribution in [2.45, 2.75) is 33.2 Å². The van der Waals surface area contributed by atoms with E-state index >= 15 is 0 Å². The van der Waals surface area contributed by atoms with Crippen LogP contribution in [-0.2, 0) is 6.54 Å². The Kier molecular flexibility index (Phi) is 7.82. The summed E-state index contributed by atoms with van der Waals surface area (Å²) < 4.78 is 16.7. The summed E-state index contributed by atoms with van der Waals surface area (Å²) >= 11 is 0. The van der Waals surface area contributed by atoms with E-state index < -0.39 is 0 Å². The molecular formula is C28H33NO3. The Morgan fingerprint density at radius 2 is 1.75 bits per heavy atom. The zero-order valence-corrected chi connectivity index (χ0v) is 19.7. The topological polar surface area (TPSA) is 39.7 Å². The molecular weight excluding hydrogens is 398 g/mol. The summed E-state index contributed by atoms with van der Waals surface area (Å²) in [4.78, 5) is 0. The molecule has 1 atom stereocenters. The average molecular weight is 432 g/mol. The highest BCUT2D eigenvalue weighted by Crippen LogP contribution is 2.36. The van der Waals surface area contributed by atoms with E-state index in [1.807, 2.05) is 24.3 Å². The number of ether oxygens (including phenoxy) is 3. The largest absolute Gasteiger partial charge is 0.497 e. The molecule has 0 amide bonds. The lowest BCUT2D eigenvalue weighted by molar-refractivity contribution is 0.360. The van der Waals surface area contributed by atoms with Crippen LogP contribution in [0.1, 0.15) is 40.7 Å². The summed E-state index contributed by atoms with van der Waals surface area (Å²) in [7, 11) is 3.34. The van der Waals surface area contributed by atoms with Crippen molar-refractivity contribution in [1.29, 1.82) is 0 Å². The van der Waals surface area contributed by atoms with Gasteiger partial charge in [-0.1, -0.05) is 49.4 Å². The maximum absolute atomic E-state index is 5.86. The highest BCUT2D eigenvalue weighted by atomic mass is 16.5. The van der Waals surface area contributed by atoms with Crippen molar-refractivity contribution < 1.29 is 14.2 Å². The summed E-state index contributed by atoms with van der Waals surface area (Å²) in [6, 6.07) is 18.7. The van der Waals surface area contributed by atoms with Gasteiger partial charge in [-0.3, -0.25) is 0 Å². The van der Waals surface area contributed by atoms with Crippen LogP contribution < -0.4 is 19.5 Å². The van der Waals surface area contributed by atoms with Crippen LogP contribution >= 0.6 is 0 Å². The molecule has 0 saturated carbocycles. The SMILES string of the molecule is C=CCOc1cccc([C@@H](C)c2cc(C)ccc2NCc2ccc(OC)cc2OC)c1C. The molecule has 0 bridgehead atoms. The molecule has 168 valence electrons. The molecule has 0 heterocycles. The lowest BCUT2D eigenvalue weighted by atomic mass is 9.88. The maximum Gasteiger partial charge on any atom is 0.127 e. The summed E-state index contributed by atoms with van der Waals surface area (Å²) in [6.45, 7) is 11.4. The van der Waals surface area contributed by atoms with Gasteiger partial charge in [-0.2, -0.15) is 0 Å². The summed E-state index contributed by atoms with van der Waals surface area (Å²) in [6.07, 6.45) is 1.77. The fraction of sp³-hybridized carbons (Fsp3) is 0.286. The predicted molar refractivity (Wildman–Crippen MR) is 132 cm³/mol. The van der Waals surface area contributed by atoms with Crippen LogP contribution in [0, 0.1) is 13.8 Å². The van der Waals surface area contributed by atoms with Crippen molar-refractivity contribution in [2.75, 3.05) is 26.1 Å². The van der Waals surface area contributed by atoms with E-state index in [2.05, 4.69) is 63.0 Å². The first-order valence-corrected chi connectivity index (χ1v) is 10.9. The number of rotatable bonds is 10. The molecule has 32 heavy (non-hydrogen) atoms. The van der Waals surface area contributed by atoms with Gasteiger partial charge in [0, 0.05) is 29.8 Å². The van der Waals surface area contributed by atoms with E-state index in [9.17, 15) is 0 Å². The quantitative estimate of drug-likeness (QED) is 0.365. The number of benzene rings is 3. The zero-order chi connectivity index (χ0) is 23.1. The van der Waals surface area contributed by atoms with Gasteiger partial charge in [0.1, 0.15) is 23.9 Å². The zero-order valence-electron chi connectivity index (χ0n) is 19.7. The summed E-state index contributed by atoms with van der Waals surface area (Å²) in [5.41, 5.74) is 7.08. The molecule has 0 aliphatic carbocycles. The van der Waals surface area contributed by atoms with Gasteiger partial charge in [-0.15, -0.1) is 0 Å². The van der Waals surface area contributed by atoms with Crippen LogP contribution in [0.5, 0.6) is 17.2 Å². The predicted octanol–water partition coefficient (Wildman–Crippen LogP) is 6.65. The minimum absolute atomic E-state index is 0.197. The molecule has 0 aliphatic rings. The Morgan fingerprint density at radius 3 is 2.47 bits per heavy atom. The van der Waals surface area contributed by atoms with Gasteiger partial charge in [0.05, 0.1) is 14.2 Å². The van der Waals surface area contributed by atoms with Crippen LogP contribution in [0.4, 0.5) is 5.69 Å². The Labute approximate surface area is 191 Å². The molecule has 3 aromatic carbocycles. The van der Waals surface area contributed by atoms with E-state index in [-0.39, 0.29) is 5.92 Å². The molecule has 0 radical (unpaired) electrons. The second kappa shape index (κ2) is 10.8. The lowest BCUT2D eigenvalue weighted by Crippen LogP contribution is -2.08. The fourth-order valence-electron chi connectivity index (χ4n) is 3.96. The number of methoxy groups -OCH3 is 2. The molecule has 0 saturated heterocycles. The fourth-order valence-corrected chi connectivity index (χ4v) is 3.96. The van der Waals surface area contributed by atoms with Crippen molar-refractivity contribution in [3.8, 4) is 17.2 Å². The Bertz CT molecular complexity index is 1070. The molecule has 0 fully saturated rings. The molecule has 1 N–H and O–H groups in total. The second-order valence-electron chi connectivity index (χ2n) is 7.91. The van der Waals surface area contributed by atoms with Gasteiger partial charge in [0.15, 0.2) is 0 Å². The van der Waals surface area contributed by atoms with Gasteiger partial charge in [-0.25, -0.2) is 0 Å². The van der Waals surface area contributed by atoms with Crippen LogP contribution in [0.25, 0.3) is 0 Å². The molecule has 4 heteroatoms. The number of anilines is 1. The molecule has 0 aliphatic heterocycles. The number of nitrogens with one attached hydrogen (secondary N) is 1. The van der Waals surface area contributed by atoms with Crippen molar-refractivity contribution in [1.82, 2.24) is 0 Å². The first kappa shape index (κ1) is 23.3. The molecule has 4 nitrogen and oxygen atoms in total. The Morgan fingerprint density at radius 1 is 0.938 bits per heavy atom. The first-order chi connectivity index (χ1) is 15.5. The van der Waals surface area contributed by atoms with Gasteiger partial charge in [0.25, 0.3) is 0 Å². The summed E-state index contributed by atoms with van der Waals surface area (Å²) in [5, 5.41) is 3.62. The van der Waals surface area contributed by atoms with Gasteiger partial charge in [0.2, 0.25) is 0 Å². The third kappa shape index (κ3) is 5.25. The van der Waals surface area contributed by atoms with Crippen LogP contribution in [-0.4, -0.2) is 20.8 Å². The van der Waals surface area contributed by atoms with Gasteiger partial charge in [-0.05, 0) is 54.8 Å². The minimum atomic E-state index is 0.197. The van der Waals surface area contributed by atoms with E-state index in [1.54, 1.807) is 20.3 Å². The van der Waals surface area contributed by atoms with Crippen molar-refractivity contribution in [2.24, 2.45) is 0 Å². The van der Waals surface area contributed by atoms with Crippen LogP contribution in [0.3, 0.4) is 0 Å². The lowest BCUT2D eigenvalue weighted by Gasteiger charge is -2.22. The van der Waals surface area contributed by atoms with Crippen LogP contribution in [0.2, 0.25) is 0 Å². The third-order valence-electron chi connectivity index (χ3n) is 5.79. The highest BCUT2D eigenvalue weighted by molar-refractivity contribution is 5.58. The van der Waals surface area contributed by atoms with E-state index in [1.165, 1.54) is 16.7 Å². The van der Waals surface area contributed by atoms with E-state index in [4.69, 9.17) is 14.2 Å². The molecule has 0 spiro atoms. The van der Waals surface area contributed by atoms with Crippen molar-refractivity contribution >= 4 is 5.69 Å². The maximum atomic E-state index is 5.86. The number of aryl methyl sites for hydroxylation is 1. The van der Waals surface area contributed by atoms with Gasteiger partial charge < -0.3 is 19.5 Å². The van der Waals surface area contributed by atoms with Crippen LogP contribution in [0.15, 0.2) is 67.3 Å². The summed E-state index contributed by atoms with van der Waals surface area (Å²) in [5.74, 6) is 2.69. The third-order valence-corrected chi connectivity index (χ3v) is 5.79. The smallest absolute Gasteiger partial charge is 0.127 e. The monoisotopic (exact) mass is 431 g/mol. The average Bonchev–Trinajstić information content (AvgIpc) is 2.82. The minimum Gasteiger partial charge on any atom is -0.497 e. The van der Waals surface area contributed by atoms with E-state index in [0.29, 0.717) is 13.2 Å². The Hall–Kier alpha value is -3.40. The Balaban J connectivity index is 1.90. The van der Waals surface area contributed by atoms with Crippen molar-refractivity contribution in [3.05, 3.63) is 95.1 Å². The van der Waals surface area contributed by atoms with Gasteiger partial charge >= 0.3 is 0 Å². The normalized spacial score (nSPS) is 11.5.